The number of hydrogen-bond acceptors (Lipinski definition) is 4. The molecule has 0 radical (unpaired) electrons. The summed E-state index contributed by atoms with van der Waals surface area (Å²) in [6.45, 7) is 8.28. The third kappa shape index (κ3) is 4.59. The van der Waals surface area contributed by atoms with Crippen molar-refractivity contribution in [2.75, 3.05) is 13.1 Å². The number of rotatable bonds is 5. The number of hydrazone groups is 1. The van der Waals surface area contributed by atoms with Crippen LogP contribution in [0.4, 0.5) is 0 Å². The molecule has 1 atom stereocenters. The van der Waals surface area contributed by atoms with E-state index < -0.39 is 15.9 Å². The number of carbonyl (C=O) groups excluding carboxylic acids is 1. The first kappa shape index (κ1) is 21.3. The van der Waals surface area contributed by atoms with Gasteiger partial charge in [-0.1, -0.05) is 17.7 Å². The summed E-state index contributed by atoms with van der Waals surface area (Å²) >= 11 is 0. The van der Waals surface area contributed by atoms with Crippen LogP contribution in [-0.4, -0.2) is 42.4 Å². The molecule has 1 aromatic heterocycles. The van der Waals surface area contributed by atoms with Crippen molar-refractivity contribution in [3.05, 3.63) is 52.8 Å². The first-order chi connectivity index (χ1) is 13.7. The number of benzene rings is 1. The molecule has 0 unspecified atom stereocenters. The normalized spacial score (nSPS) is 18.6. The lowest BCUT2D eigenvalue weighted by Gasteiger charge is -2.30. The monoisotopic (exact) mass is 416 g/mol. The molecule has 1 aliphatic rings. The van der Waals surface area contributed by atoms with Crippen molar-refractivity contribution < 1.29 is 13.2 Å². The quantitative estimate of drug-likeness (QED) is 0.580. The van der Waals surface area contributed by atoms with E-state index in [-0.39, 0.29) is 17.3 Å². The van der Waals surface area contributed by atoms with E-state index in [1.54, 1.807) is 24.3 Å². The zero-order chi connectivity index (χ0) is 21.2. The minimum atomic E-state index is -3.61. The van der Waals surface area contributed by atoms with Crippen LogP contribution in [0.3, 0.4) is 0 Å². The van der Waals surface area contributed by atoms with Crippen LogP contribution in [0.15, 0.2) is 40.5 Å². The van der Waals surface area contributed by atoms with Gasteiger partial charge in [-0.3, -0.25) is 4.79 Å². The molecule has 7 nitrogen and oxygen atoms in total. The third-order valence-electron chi connectivity index (χ3n) is 5.38. The minimum Gasteiger partial charge on any atom is -0.364 e. The van der Waals surface area contributed by atoms with Crippen LogP contribution in [0.2, 0.25) is 0 Å². The van der Waals surface area contributed by atoms with E-state index in [1.165, 1.54) is 4.31 Å². The molecule has 3 rings (SSSR count). The topological polar surface area (TPSA) is 94.6 Å². The summed E-state index contributed by atoms with van der Waals surface area (Å²) < 4.78 is 27.3. The van der Waals surface area contributed by atoms with Gasteiger partial charge in [-0.15, -0.1) is 0 Å². The van der Waals surface area contributed by atoms with E-state index in [9.17, 15) is 13.2 Å². The van der Waals surface area contributed by atoms with Crippen LogP contribution in [0, 0.1) is 26.7 Å². The SMILES string of the molecule is C/C(=N\NC(=O)[C@H]1CCCN(S(=O)(=O)c2ccc(C)cc2)C1)c1c(C)c[nH]c1C. The van der Waals surface area contributed by atoms with Crippen molar-refractivity contribution in [2.45, 2.75) is 45.4 Å². The second kappa shape index (κ2) is 8.51. The van der Waals surface area contributed by atoms with Crippen LogP contribution in [-0.2, 0) is 14.8 Å². The molecule has 2 N–H and O–H groups in total. The average molecular weight is 417 g/mol. The first-order valence-corrected chi connectivity index (χ1v) is 11.2. The summed E-state index contributed by atoms with van der Waals surface area (Å²) in [6, 6.07) is 6.79. The number of aromatic nitrogens is 1. The highest BCUT2D eigenvalue weighted by atomic mass is 32.2. The number of H-pyrrole nitrogens is 1. The number of hydrogen-bond donors (Lipinski definition) is 2. The molecule has 1 amide bonds. The molecule has 1 aromatic carbocycles. The van der Waals surface area contributed by atoms with E-state index in [0.717, 1.165) is 28.1 Å². The number of nitrogens with one attached hydrogen (secondary N) is 2. The Hall–Kier alpha value is -2.45. The zero-order valence-corrected chi connectivity index (χ0v) is 18.1. The number of carbonyl (C=O) groups is 1. The fourth-order valence-electron chi connectivity index (χ4n) is 3.73. The van der Waals surface area contributed by atoms with Crippen molar-refractivity contribution >= 4 is 21.6 Å². The molecule has 0 spiro atoms. The van der Waals surface area contributed by atoms with Gasteiger partial charge in [0.15, 0.2) is 0 Å². The van der Waals surface area contributed by atoms with Crippen molar-refractivity contribution in [3.63, 3.8) is 0 Å². The fourth-order valence-corrected chi connectivity index (χ4v) is 5.26. The molecule has 0 aliphatic carbocycles. The zero-order valence-electron chi connectivity index (χ0n) is 17.3. The first-order valence-electron chi connectivity index (χ1n) is 9.76. The summed E-state index contributed by atoms with van der Waals surface area (Å²) in [7, 11) is -3.61. The predicted molar refractivity (Wildman–Crippen MR) is 113 cm³/mol. The maximum absolute atomic E-state index is 12.9. The Kier molecular flexibility index (Phi) is 6.24. The summed E-state index contributed by atoms with van der Waals surface area (Å²) in [4.78, 5) is 16.1. The van der Waals surface area contributed by atoms with Gasteiger partial charge in [0, 0.05) is 30.5 Å². The maximum Gasteiger partial charge on any atom is 0.244 e. The molecule has 0 bridgehead atoms. The highest BCUT2D eigenvalue weighted by molar-refractivity contribution is 7.89. The molecule has 1 aliphatic heterocycles. The van der Waals surface area contributed by atoms with E-state index in [2.05, 4.69) is 15.5 Å². The van der Waals surface area contributed by atoms with Crippen molar-refractivity contribution in [3.8, 4) is 0 Å². The van der Waals surface area contributed by atoms with Crippen molar-refractivity contribution in [2.24, 2.45) is 11.0 Å². The number of amides is 1. The molecule has 2 heterocycles. The molecule has 29 heavy (non-hydrogen) atoms. The lowest BCUT2D eigenvalue weighted by atomic mass is 9.99. The van der Waals surface area contributed by atoms with Crippen LogP contribution in [0.5, 0.6) is 0 Å². The Bertz CT molecular complexity index is 1000. The van der Waals surface area contributed by atoms with Gasteiger partial charge in [0.2, 0.25) is 15.9 Å². The van der Waals surface area contributed by atoms with Crippen molar-refractivity contribution in [1.82, 2.24) is 14.7 Å². The largest absolute Gasteiger partial charge is 0.364 e. The third-order valence-corrected chi connectivity index (χ3v) is 7.26. The molecular weight excluding hydrogens is 388 g/mol. The van der Waals surface area contributed by atoms with E-state index in [0.29, 0.717) is 19.4 Å². The van der Waals surface area contributed by atoms with Gasteiger partial charge >= 0.3 is 0 Å². The average Bonchev–Trinajstić information content (AvgIpc) is 3.04. The number of sulfonamides is 1. The van der Waals surface area contributed by atoms with E-state index >= 15 is 0 Å². The minimum absolute atomic E-state index is 0.165. The van der Waals surface area contributed by atoms with Gasteiger partial charge in [0.1, 0.15) is 0 Å². The molecule has 156 valence electrons. The second-order valence-electron chi connectivity index (χ2n) is 7.66. The number of aryl methyl sites for hydroxylation is 3. The van der Waals surface area contributed by atoms with Gasteiger partial charge in [-0.05, 0) is 58.2 Å². The van der Waals surface area contributed by atoms with E-state index in [1.807, 2.05) is 33.9 Å². The number of aromatic amines is 1. The molecule has 2 aromatic rings. The van der Waals surface area contributed by atoms with Gasteiger partial charge in [0.25, 0.3) is 0 Å². The van der Waals surface area contributed by atoms with Gasteiger partial charge in [-0.25, -0.2) is 13.8 Å². The molecule has 1 saturated heterocycles. The highest BCUT2D eigenvalue weighted by Gasteiger charge is 2.33. The molecule has 1 fully saturated rings. The van der Waals surface area contributed by atoms with Crippen LogP contribution in [0.25, 0.3) is 0 Å². The summed E-state index contributed by atoms with van der Waals surface area (Å²) in [6.07, 6.45) is 3.19. The smallest absolute Gasteiger partial charge is 0.244 e. The summed E-state index contributed by atoms with van der Waals surface area (Å²) in [5.74, 6) is -0.673. The van der Waals surface area contributed by atoms with Gasteiger partial charge in [0.05, 0.1) is 16.5 Å². The molecule has 8 heteroatoms. The van der Waals surface area contributed by atoms with Crippen molar-refractivity contribution in [1.29, 1.82) is 0 Å². The second-order valence-corrected chi connectivity index (χ2v) is 9.60. The molecular formula is C21H28N4O3S. The number of nitrogens with zero attached hydrogens (tertiary/aromatic N) is 2. The van der Waals surface area contributed by atoms with Crippen LogP contribution >= 0.6 is 0 Å². The van der Waals surface area contributed by atoms with Gasteiger partial charge in [-0.2, -0.15) is 9.41 Å². The Morgan fingerprint density at radius 3 is 2.52 bits per heavy atom. The molecule has 0 saturated carbocycles. The Labute approximate surface area is 172 Å². The van der Waals surface area contributed by atoms with Crippen LogP contribution in [0.1, 0.15) is 42.1 Å². The Morgan fingerprint density at radius 1 is 1.21 bits per heavy atom. The van der Waals surface area contributed by atoms with Crippen LogP contribution < -0.4 is 5.43 Å². The summed E-state index contributed by atoms with van der Waals surface area (Å²) in [5, 5.41) is 4.25. The van der Waals surface area contributed by atoms with E-state index in [4.69, 9.17) is 0 Å². The Morgan fingerprint density at radius 2 is 1.90 bits per heavy atom. The summed E-state index contributed by atoms with van der Waals surface area (Å²) in [5.41, 5.74) is 7.38. The predicted octanol–water partition coefficient (Wildman–Crippen LogP) is 2.88. The lowest BCUT2D eigenvalue weighted by molar-refractivity contribution is -0.126. The number of piperidine rings is 1. The lowest BCUT2D eigenvalue weighted by Crippen LogP contribution is -2.44. The maximum atomic E-state index is 12.9. The highest BCUT2D eigenvalue weighted by Crippen LogP contribution is 2.24. The Balaban J connectivity index is 1.69. The fraction of sp³-hybridized carbons (Fsp3) is 0.429. The standard InChI is InChI=1S/C21H28N4O3S/c1-14-7-9-19(10-8-14)29(27,28)25-11-5-6-18(13-25)21(26)24-23-17(4)20-15(2)12-22-16(20)3/h7-10,12,18,22H,5-6,11,13H2,1-4H3,(H,24,26)/b23-17+/t18-/m0/s1. The van der Waals surface area contributed by atoms with Gasteiger partial charge < -0.3 is 4.98 Å².